The summed E-state index contributed by atoms with van der Waals surface area (Å²) in [6.07, 6.45) is 0.276. The monoisotopic (exact) mass is 243 g/mol. The van der Waals surface area contributed by atoms with Gasteiger partial charge in [0.15, 0.2) is 0 Å². The fraction of sp³-hybridized carbons (Fsp3) is 0.417. The van der Waals surface area contributed by atoms with Crippen LogP contribution in [0, 0.1) is 11.6 Å². The van der Waals surface area contributed by atoms with Crippen molar-refractivity contribution in [1.82, 2.24) is 4.90 Å². The molecule has 0 fully saturated rings. The molecule has 0 bridgehead atoms. The second kappa shape index (κ2) is 5.72. The minimum absolute atomic E-state index is 0.259. The number of hydrogen-bond donors (Lipinski definition) is 1. The van der Waals surface area contributed by atoms with Crippen LogP contribution >= 0.6 is 0 Å². The summed E-state index contributed by atoms with van der Waals surface area (Å²) in [5, 5.41) is 8.77. The van der Waals surface area contributed by atoms with E-state index < -0.39 is 23.6 Å². The predicted molar refractivity (Wildman–Crippen MR) is 59.8 cm³/mol. The number of benzene rings is 1. The Morgan fingerprint density at radius 3 is 2.71 bits per heavy atom. The molecule has 0 saturated heterocycles. The SMILES string of the molecule is CC(C(=O)O)N(C)CCc1cc(F)ccc1F. The van der Waals surface area contributed by atoms with Crippen LogP contribution in [-0.4, -0.2) is 35.6 Å². The zero-order valence-corrected chi connectivity index (χ0v) is 9.78. The second-order valence-corrected chi connectivity index (χ2v) is 3.98. The molecule has 0 heterocycles. The van der Waals surface area contributed by atoms with E-state index in [9.17, 15) is 13.6 Å². The number of carboxylic acids is 1. The van der Waals surface area contributed by atoms with E-state index in [1.165, 1.54) is 0 Å². The van der Waals surface area contributed by atoms with Gasteiger partial charge in [0.1, 0.15) is 17.7 Å². The molecule has 0 amide bonds. The third kappa shape index (κ3) is 3.78. The topological polar surface area (TPSA) is 40.5 Å². The van der Waals surface area contributed by atoms with Crippen LogP contribution in [0.5, 0.6) is 0 Å². The third-order valence-electron chi connectivity index (χ3n) is 2.76. The Balaban J connectivity index is 2.61. The van der Waals surface area contributed by atoms with Gasteiger partial charge in [0.2, 0.25) is 0 Å². The summed E-state index contributed by atoms with van der Waals surface area (Å²) in [6, 6.07) is 2.62. The predicted octanol–water partition coefficient (Wildman–Crippen LogP) is 1.91. The van der Waals surface area contributed by atoms with Gasteiger partial charge in [-0.2, -0.15) is 0 Å². The highest BCUT2D eigenvalue weighted by atomic mass is 19.1. The quantitative estimate of drug-likeness (QED) is 0.858. The first-order valence-electron chi connectivity index (χ1n) is 5.28. The summed E-state index contributed by atoms with van der Waals surface area (Å²) >= 11 is 0. The largest absolute Gasteiger partial charge is 0.480 e. The summed E-state index contributed by atoms with van der Waals surface area (Å²) in [6.45, 7) is 1.90. The Morgan fingerprint density at radius 1 is 1.47 bits per heavy atom. The molecule has 0 spiro atoms. The van der Waals surface area contributed by atoms with E-state index in [4.69, 9.17) is 5.11 Å². The Bertz CT molecular complexity index is 409. The van der Waals surface area contributed by atoms with E-state index in [1.807, 2.05) is 0 Å². The molecule has 1 aromatic rings. The van der Waals surface area contributed by atoms with Gasteiger partial charge in [-0.15, -0.1) is 0 Å². The summed E-state index contributed by atoms with van der Waals surface area (Å²) < 4.78 is 26.2. The lowest BCUT2D eigenvalue weighted by molar-refractivity contribution is -0.142. The van der Waals surface area contributed by atoms with Gasteiger partial charge in [-0.3, -0.25) is 9.69 Å². The van der Waals surface area contributed by atoms with Crippen molar-refractivity contribution < 1.29 is 18.7 Å². The summed E-state index contributed by atoms with van der Waals surface area (Å²) in [5.41, 5.74) is 0.259. The smallest absolute Gasteiger partial charge is 0.320 e. The van der Waals surface area contributed by atoms with Crippen LogP contribution in [0.25, 0.3) is 0 Å². The number of rotatable bonds is 5. The molecule has 5 heteroatoms. The van der Waals surface area contributed by atoms with Crippen molar-refractivity contribution in [2.45, 2.75) is 19.4 Å². The van der Waals surface area contributed by atoms with Gasteiger partial charge in [0, 0.05) is 6.54 Å². The van der Waals surface area contributed by atoms with Crippen molar-refractivity contribution in [2.75, 3.05) is 13.6 Å². The first kappa shape index (κ1) is 13.6. The van der Waals surface area contributed by atoms with Gasteiger partial charge in [-0.1, -0.05) is 0 Å². The lowest BCUT2D eigenvalue weighted by atomic mass is 10.1. The Morgan fingerprint density at radius 2 is 2.12 bits per heavy atom. The molecule has 3 nitrogen and oxygen atoms in total. The lowest BCUT2D eigenvalue weighted by Crippen LogP contribution is -2.37. The standard InChI is InChI=1S/C12H15F2NO2/c1-8(12(16)17)15(2)6-5-9-7-10(13)3-4-11(9)14/h3-4,7-8H,5-6H2,1-2H3,(H,16,17). The average Bonchev–Trinajstić information content (AvgIpc) is 2.28. The fourth-order valence-electron chi connectivity index (χ4n) is 1.41. The zero-order chi connectivity index (χ0) is 13.0. The van der Waals surface area contributed by atoms with E-state index in [0.717, 1.165) is 18.2 Å². The molecule has 1 atom stereocenters. The fourth-order valence-corrected chi connectivity index (χ4v) is 1.41. The van der Waals surface area contributed by atoms with Crippen molar-refractivity contribution in [3.8, 4) is 0 Å². The van der Waals surface area contributed by atoms with E-state index in [2.05, 4.69) is 0 Å². The van der Waals surface area contributed by atoms with Crippen molar-refractivity contribution in [3.63, 3.8) is 0 Å². The number of carboxylic acid groups (broad SMARTS) is 1. The number of carbonyl (C=O) groups is 1. The lowest BCUT2D eigenvalue weighted by Gasteiger charge is -2.20. The minimum atomic E-state index is -0.938. The highest BCUT2D eigenvalue weighted by Crippen LogP contribution is 2.11. The second-order valence-electron chi connectivity index (χ2n) is 3.98. The third-order valence-corrected chi connectivity index (χ3v) is 2.76. The molecule has 0 aromatic heterocycles. The maximum absolute atomic E-state index is 13.3. The van der Waals surface area contributed by atoms with E-state index in [1.54, 1.807) is 18.9 Å². The summed E-state index contributed by atoms with van der Waals surface area (Å²) in [5.74, 6) is -1.90. The summed E-state index contributed by atoms with van der Waals surface area (Å²) in [4.78, 5) is 12.3. The van der Waals surface area contributed by atoms with Crippen molar-refractivity contribution in [2.24, 2.45) is 0 Å². The van der Waals surface area contributed by atoms with E-state index >= 15 is 0 Å². The van der Waals surface area contributed by atoms with Crippen LogP contribution in [0.4, 0.5) is 8.78 Å². The van der Waals surface area contributed by atoms with Crippen LogP contribution in [-0.2, 0) is 11.2 Å². The van der Waals surface area contributed by atoms with Gasteiger partial charge in [-0.25, -0.2) is 8.78 Å². The molecule has 0 aliphatic rings. The van der Waals surface area contributed by atoms with Crippen LogP contribution in [0.2, 0.25) is 0 Å². The number of aliphatic carboxylic acids is 1. The van der Waals surface area contributed by atoms with Crippen LogP contribution in [0.15, 0.2) is 18.2 Å². The van der Waals surface area contributed by atoms with Crippen molar-refractivity contribution >= 4 is 5.97 Å². The van der Waals surface area contributed by atoms with Crippen molar-refractivity contribution in [3.05, 3.63) is 35.4 Å². The molecular weight excluding hydrogens is 228 g/mol. The molecule has 1 rings (SSSR count). The molecule has 0 aliphatic carbocycles. The average molecular weight is 243 g/mol. The van der Waals surface area contributed by atoms with Gasteiger partial charge in [0.05, 0.1) is 0 Å². The molecule has 1 aromatic carbocycles. The van der Waals surface area contributed by atoms with E-state index in [-0.39, 0.29) is 12.0 Å². The molecule has 1 N–H and O–H groups in total. The van der Waals surface area contributed by atoms with Crippen molar-refractivity contribution in [1.29, 1.82) is 0 Å². The van der Waals surface area contributed by atoms with Gasteiger partial charge in [-0.05, 0) is 44.2 Å². The first-order valence-corrected chi connectivity index (χ1v) is 5.28. The molecular formula is C12H15F2NO2. The van der Waals surface area contributed by atoms with E-state index in [0.29, 0.717) is 6.54 Å². The first-order chi connectivity index (χ1) is 7.91. The van der Waals surface area contributed by atoms with Crippen LogP contribution in [0.3, 0.4) is 0 Å². The Kier molecular flexibility index (Phi) is 4.57. The molecule has 0 saturated carbocycles. The number of likely N-dealkylation sites (N-methyl/N-ethyl adjacent to an activating group) is 1. The van der Waals surface area contributed by atoms with Gasteiger partial charge < -0.3 is 5.11 Å². The maximum atomic E-state index is 13.3. The van der Waals surface area contributed by atoms with Gasteiger partial charge >= 0.3 is 5.97 Å². The number of halogens is 2. The van der Waals surface area contributed by atoms with Crippen LogP contribution in [0.1, 0.15) is 12.5 Å². The highest BCUT2D eigenvalue weighted by molar-refractivity contribution is 5.72. The zero-order valence-electron chi connectivity index (χ0n) is 9.78. The maximum Gasteiger partial charge on any atom is 0.320 e. The highest BCUT2D eigenvalue weighted by Gasteiger charge is 2.16. The molecule has 17 heavy (non-hydrogen) atoms. The van der Waals surface area contributed by atoms with Gasteiger partial charge in [0.25, 0.3) is 0 Å². The normalized spacial score (nSPS) is 12.8. The summed E-state index contributed by atoms with van der Waals surface area (Å²) in [7, 11) is 1.63. The Labute approximate surface area is 98.7 Å². The number of nitrogens with zero attached hydrogens (tertiary/aromatic N) is 1. The minimum Gasteiger partial charge on any atom is -0.480 e. The molecule has 1 unspecified atom stereocenters. The number of hydrogen-bond acceptors (Lipinski definition) is 2. The molecule has 0 aliphatic heterocycles. The Hall–Kier alpha value is -1.49. The van der Waals surface area contributed by atoms with Crippen LogP contribution < -0.4 is 0 Å². The molecule has 94 valence electrons. The molecule has 0 radical (unpaired) electrons.